The molecule has 1 unspecified atom stereocenters. The monoisotopic (exact) mass is 248 g/mol. The van der Waals surface area contributed by atoms with Crippen LogP contribution in [0.1, 0.15) is 13.3 Å². The van der Waals surface area contributed by atoms with Gasteiger partial charge in [-0.1, -0.05) is 6.92 Å². The molecule has 0 fully saturated rings. The summed E-state index contributed by atoms with van der Waals surface area (Å²) in [6.45, 7) is 2.27. The summed E-state index contributed by atoms with van der Waals surface area (Å²) in [5, 5.41) is 20.0. The van der Waals surface area contributed by atoms with Crippen LogP contribution in [0.15, 0.2) is 0 Å². The molecule has 100 valence electrons. The Kier molecular flexibility index (Phi) is 8.08. The predicted octanol–water partition coefficient (Wildman–Crippen LogP) is -0.500. The Labute approximate surface area is 100 Å². The van der Waals surface area contributed by atoms with Crippen molar-refractivity contribution >= 4 is 12.0 Å². The van der Waals surface area contributed by atoms with Crippen LogP contribution >= 0.6 is 0 Å². The van der Waals surface area contributed by atoms with E-state index in [2.05, 4.69) is 5.32 Å². The Balaban J connectivity index is 4.33. The Morgan fingerprint density at radius 1 is 1.41 bits per heavy atom. The molecule has 0 aromatic heterocycles. The number of hydrogen-bond acceptors (Lipinski definition) is 4. The molecule has 0 heterocycles. The number of nitrogens with one attached hydrogen (secondary N) is 1. The van der Waals surface area contributed by atoms with E-state index in [1.54, 1.807) is 6.92 Å². The largest absolute Gasteiger partial charge is 0.480 e. The van der Waals surface area contributed by atoms with Crippen LogP contribution in [0.2, 0.25) is 0 Å². The molecule has 0 bridgehead atoms. The van der Waals surface area contributed by atoms with Crippen LogP contribution in [0.25, 0.3) is 0 Å². The molecule has 0 aromatic carbocycles. The molecule has 2 amide bonds. The highest BCUT2D eigenvalue weighted by Gasteiger charge is 2.21. The Morgan fingerprint density at radius 3 is 2.47 bits per heavy atom. The standard InChI is InChI=1S/C10H20N2O5/c1-3-8(9(14)15)11-10(16)12(4-6-13)5-7-17-2/h8,13H,3-7H2,1-2H3,(H,11,16)(H,14,15). The maximum atomic E-state index is 11.7. The lowest BCUT2D eigenvalue weighted by Crippen LogP contribution is -2.49. The molecule has 17 heavy (non-hydrogen) atoms. The highest BCUT2D eigenvalue weighted by molar-refractivity contribution is 5.82. The van der Waals surface area contributed by atoms with Crippen molar-refractivity contribution in [2.45, 2.75) is 19.4 Å². The average molecular weight is 248 g/mol. The zero-order valence-corrected chi connectivity index (χ0v) is 10.2. The van der Waals surface area contributed by atoms with Crippen molar-refractivity contribution in [1.82, 2.24) is 10.2 Å². The zero-order valence-electron chi connectivity index (χ0n) is 10.2. The van der Waals surface area contributed by atoms with Crippen LogP contribution in [0, 0.1) is 0 Å². The van der Waals surface area contributed by atoms with E-state index in [1.165, 1.54) is 12.0 Å². The minimum absolute atomic E-state index is 0.144. The Hall–Kier alpha value is -1.34. The van der Waals surface area contributed by atoms with Gasteiger partial charge < -0.3 is 25.2 Å². The third-order valence-electron chi connectivity index (χ3n) is 2.23. The SMILES string of the molecule is CCC(NC(=O)N(CCO)CCOC)C(=O)O. The summed E-state index contributed by atoms with van der Waals surface area (Å²) in [6, 6.07) is -1.42. The fraction of sp³-hybridized carbons (Fsp3) is 0.800. The molecule has 0 aliphatic heterocycles. The second kappa shape index (κ2) is 8.77. The number of carbonyl (C=O) groups excluding carboxylic acids is 1. The molecule has 0 radical (unpaired) electrons. The summed E-state index contributed by atoms with van der Waals surface area (Å²) in [5.74, 6) is -1.07. The van der Waals surface area contributed by atoms with Crippen LogP contribution in [0.3, 0.4) is 0 Å². The predicted molar refractivity (Wildman–Crippen MR) is 60.8 cm³/mol. The molecule has 0 aliphatic rings. The van der Waals surface area contributed by atoms with Gasteiger partial charge in [-0.25, -0.2) is 9.59 Å². The minimum atomic E-state index is -1.07. The van der Waals surface area contributed by atoms with Gasteiger partial charge in [0.25, 0.3) is 0 Å². The van der Waals surface area contributed by atoms with Gasteiger partial charge >= 0.3 is 12.0 Å². The van der Waals surface area contributed by atoms with Crippen LogP contribution in [0.5, 0.6) is 0 Å². The van der Waals surface area contributed by atoms with E-state index >= 15 is 0 Å². The lowest BCUT2D eigenvalue weighted by molar-refractivity contribution is -0.139. The molecule has 7 nitrogen and oxygen atoms in total. The van der Waals surface area contributed by atoms with Crippen molar-refractivity contribution in [2.24, 2.45) is 0 Å². The Morgan fingerprint density at radius 2 is 2.06 bits per heavy atom. The van der Waals surface area contributed by atoms with Crippen molar-refractivity contribution in [3.05, 3.63) is 0 Å². The number of urea groups is 1. The summed E-state index contributed by atoms with van der Waals surface area (Å²) in [5.41, 5.74) is 0. The van der Waals surface area contributed by atoms with Crippen molar-refractivity contribution in [2.75, 3.05) is 33.4 Å². The fourth-order valence-electron chi connectivity index (χ4n) is 1.22. The van der Waals surface area contributed by atoms with Crippen molar-refractivity contribution in [3.63, 3.8) is 0 Å². The van der Waals surface area contributed by atoms with E-state index in [-0.39, 0.29) is 13.2 Å². The second-order valence-electron chi connectivity index (χ2n) is 3.45. The first-order valence-electron chi connectivity index (χ1n) is 5.44. The number of hydrogen-bond donors (Lipinski definition) is 3. The van der Waals surface area contributed by atoms with E-state index in [1.807, 2.05) is 0 Å². The first kappa shape index (κ1) is 15.7. The molecule has 3 N–H and O–H groups in total. The normalized spacial score (nSPS) is 11.9. The molecule has 0 rings (SSSR count). The second-order valence-corrected chi connectivity index (χ2v) is 3.45. The molecule has 1 atom stereocenters. The first-order chi connectivity index (χ1) is 8.06. The number of amides is 2. The number of aliphatic hydroxyl groups excluding tert-OH is 1. The number of ether oxygens (including phenoxy) is 1. The maximum absolute atomic E-state index is 11.7. The van der Waals surface area contributed by atoms with Gasteiger partial charge in [-0.15, -0.1) is 0 Å². The van der Waals surface area contributed by atoms with E-state index < -0.39 is 18.0 Å². The lowest BCUT2D eigenvalue weighted by atomic mass is 10.2. The third kappa shape index (κ3) is 6.08. The van der Waals surface area contributed by atoms with Crippen molar-refractivity contribution < 1.29 is 24.5 Å². The minimum Gasteiger partial charge on any atom is -0.480 e. The average Bonchev–Trinajstić information content (AvgIpc) is 2.30. The van der Waals surface area contributed by atoms with Gasteiger partial charge in [0.1, 0.15) is 6.04 Å². The highest BCUT2D eigenvalue weighted by Crippen LogP contribution is 1.95. The van der Waals surface area contributed by atoms with Gasteiger partial charge in [-0.05, 0) is 6.42 Å². The van der Waals surface area contributed by atoms with E-state index in [0.29, 0.717) is 19.6 Å². The summed E-state index contributed by atoms with van der Waals surface area (Å²) in [4.78, 5) is 23.8. The quantitative estimate of drug-likeness (QED) is 0.538. The van der Waals surface area contributed by atoms with Crippen molar-refractivity contribution in [1.29, 1.82) is 0 Å². The number of carbonyl (C=O) groups is 2. The number of methoxy groups -OCH3 is 1. The van der Waals surface area contributed by atoms with E-state index in [4.69, 9.17) is 14.9 Å². The van der Waals surface area contributed by atoms with E-state index in [9.17, 15) is 9.59 Å². The molecule has 0 aromatic rings. The highest BCUT2D eigenvalue weighted by atomic mass is 16.5. The number of rotatable bonds is 8. The van der Waals surface area contributed by atoms with Crippen LogP contribution < -0.4 is 5.32 Å². The number of aliphatic hydroxyl groups is 1. The van der Waals surface area contributed by atoms with Gasteiger partial charge in [0.15, 0.2) is 0 Å². The summed E-state index contributed by atoms with van der Waals surface area (Å²) >= 11 is 0. The van der Waals surface area contributed by atoms with Gasteiger partial charge in [0.2, 0.25) is 0 Å². The molecule has 0 saturated heterocycles. The topological polar surface area (TPSA) is 99.1 Å². The summed E-state index contributed by atoms with van der Waals surface area (Å²) in [7, 11) is 1.50. The summed E-state index contributed by atoms with van der Waals surface area (Å²) < 4.78 is 4.83. The van der Waals surface area contributed by atoms with Gasteiger partial charge in [-0.3, -0.25) is 0 Å². The van der Waals surface area contributed by atoms with E-state index in [0.717, 1.165) is 0 Å². The molecule has 0 aliphatic carbocycles. The maximum Gasteiger partial charge on any atom is 0.326 e. The molecule has 7 heteroatoms. The van der Waals surface area contributed by atoms with Crippen LogP contribution in [-0.2, 0) is 9.53 Å². The zero-order chi connectivity index (χ0) is 13.3. The fourth-order valence-corrected chi connectivity index (χ4v) is 1.22. The molecule has 0 saturated carbocycles. The third-order valence-corrected chi connectivity index (χ3v) is 2.23. The first-order valence-corrected chi connectivity index (χ1v) is 5.44. The van der Waals surface area contributed by atoms with Gasteiger partial charge in [0, 0.05) is 20.2 Å². The number of carboxylic acid groups (broad SMARTS) is 1. The molecular weight excluding hydrogens is 228 g/mol. The van der Waals surface area contributed by atoms with Crippen LogP contribution in [0.4, 0.5) is 4.79 Å². The number of carboxylic acids is 1. The summed E-state index contributed by atoms with van der Waals surface area (Å²) in [6.07, 6.45) is 0.304. The van der Waals surface area contributed by atoms with Crippen LogP contribution in [-0.4, -0.2) is 66.6 Å². The lowest BCUT2D eigenvalue weighted by Gasteiger charge is -2.23. The number of nitrogens with zero attached hydrogens (tertiary/aromatic N) is 1. The van der Waals surface area contributed by atoms with Crippen molar-refractivity contribution in [3.8, 4) is 0 Å². The van der Waals surface area contributed by atoms with Gasteiger partial charge in [-0.2, -0.15) is 0 Å². The molecule has 0 spiro atoms. The molecular formula is C10H20N2O5. The smallest absolute Gasteiger partial charge is 0.326 e. The number of aliphatic carboxylic acids is 1. The van der Waals surface area contributed by atoms with Gasteiger partial charge in [0.05, 0.1) is 13.2 Å². The Bertz CT molecular complexity index is 247.